The van der Waals surface area contributed by atoms with Gasteiger partial charge in [-0.25, -0.2) is 0 Å². The van der Waals surface area contributed by atoms with E-state index in [4.69, 9.17) is 9.47 Å². The predicted octanol–water partition coefficient (Wildman–Crippen LogP) is 3.17. The lowest BCUT2D eigenvalue weighted by atomic mass is 10.1. The van der Waals surface area contributed by atoms with Gasteiger partial charge in [-0.2, -0.15) is 0 Å². The van der Waals surface area contributed by atoms with Crippen molar-refractivity contribution in [1.29, 1.82) is 0 Å². The number of nitrogens with one attached hydrogen (secondary N) is 2. The van der Waals surface area contributed by atoms with Crippen LogP contribution in [-0.4, -0.2) is 31.3 Å². The minimum Gasteiger partial charge on any atom is -0.496 e. The third kappa shape index (κ3) is 4.83. The lowest BCUT2D eigenvalue weighted by molar-refractivity contribution is -0.116. The van der Waals surface area contributed by atoms with Crippen molar-refractivity contribution < 1.29 is 19.1 Å². The molecule has 0 spiro atoms. The minimum atomic E-state index is -0.368. The van der Waals surface area contributed by atoms with Crippen molar-refractivity contribution in [1.82, 2.24) is 5.32 Å². The highest BCUT2D eigenvalue weighted by molar-refractivity contribution is 8.02. The number of carbonyl (C=O) groups is 2. The number of hydrogen-bond donors (Lipinski definition) is 2. The van der Waals surface area contributed by atoms with Gasteiger partial charge in [-0.05, 0) is 18.2 Å². The molecular formula is C20H20N2O4S. The van der Waals surface area contributed by atoms with Crippen LogP contribution in [0, 0.1) is 0 Å². The summed E-state index contributed by atoms with van der Waals surface area (Å²) in [6, 6.07) is 14.3. The largest absolute Gasteiger partial charge is 0.496 e. The maximum atomic E-state index is 12.6. The highest BCUT2D eigenvalue weighted by Gasteiger charge is 2.18. The molecule has 7 heteroatoms. The van der Waals surface area contributed by atoms with Crippen LogP contribution in [0.2, 0.25) is 0 Å². The van der Waals surface area contributed by atoms with E-state index in [1.165, 1.54) is 11.8 Å². The van der Waals surface area contributed by atoms with E-state index in [2.05, 4.69) is 10.6 Å². The number of thioether (sulfide) groups is 1. The lowest BCUT2D eigenvalue weighted by Crippen LogP contribution is -2.26. The van der Waals surface area contributed by atoms with Crippen LogP contribution in [0.5, 0.6) is 5.75 Å². The first-order valence-corrected chi connectivity index (χ1v) is 9.49. The van der Waals surface area contributed by atoms with Crippen molar-refractivity contribution >= 4 is 29.3 Å². The van der Waals surface area contributed by atoms with Gasteiger partial charge in [0.15, 0.2) is 5.76 Å². The van der Waals surface area contributed by atoms with Gasteiger partial charge < -0.3 is 20.1 Å². The molecule has 6 nitrogen and oxygen atoms in total. The van der Waals surface area contributed by atoms with Gasteiger partial charge in [0.1, 0.15) is 5.75 Å². The lowest BCUT2D eigenvalue weighted by Gasteiger charge is -2.16. The number of ether oxygens (including phenoxy) is 2. The van der Waals surface area contributed by atoms with Crippen LogP contribution < -0.4 is 15.4 Å². The van der Waals surface area contributed by atoms with Crippen LogP contribution in [0.1, 0.15) is 15.9 Å². The number of rotatable bonds is 6. The first-order chi connectivity index (χ1) is 13.2. The summed E-state index contributed by atoms with van der Waals surface area (Å²) in [7, 11) is 1.59. The maximum absolute atomic E-state index is 12.6. The van der Waals surface area contributed by atoms with Gasteiger partial charge in [-0.3, -0.25) is 9.59 Å². The summed E-state index contributed by atoms with van der Waals surface area (Å²) in [6.07, 6.45) is 0. The van der Waals surface area contributed by atoms with Crippen LogP contribution in [0.3, 0.4) is 0 Å². The number of anilines is 1. The molecule has 2 N–H and O–H groups in total. The first-order valence-electron chi connectivity index (χ1n) is 8.44. The van der Waals surface area contributed by atoms with Crippen LogP contribution in [0.4, 0.5) is 5.69 Å². The molecule has 2 aromatic rings. The zero-order valence-electron chi connectivity index (χ0n) is 14.9. The van der Waals surface area contributed by atoms with Crippen LogP contribution in [-0.2, 0) is 16.1 Å². The van der Waals surface area contributed by atoms with E-state index in [1.807, 2.05) is 24.3 Å². The van der Waals surface area contributed by atoms with E-state index < -0.39 is 0 Å². The highest BCUT2D eigenvalue weighted by Crippen LogP contribution is 2.21. The summed E-state index contributed by atoms with van der Waals surface area (Å²) in [4.78, 5) is 25.0. The zero-order chi connectivity index (χ0) is 19.1. The molecule has 3 rings (SSSR count). The van der Waals surface area contributed by atoms with Crippen LogP contribution in [0.25, 0.3) is 0 Å². The van der Waals surface area contributed by atoms with Crippen LogP contribution in [0.15, 0.2) is 59.7 Å². The molecule has 2 aromatic carbocycles. The van der Waals surface area contributed by atoms with Gasteiger partial charge in [-0.1, -0.05) is 30.3 Å². The van der Waals surface area contributed by atoms with Crippen LogP contribution >= 0.6 is 11.8 Å². The maximum Gasteiger partial charge on any atom is 0.291 e. The third-order valence-corrected chi connectivity index (χ3v) is 4.71. The van der Waals surface area contributed by atoms with E-state index in [0.29, 0.717) is 30.2 Å². The Hall–Kier alpha value is -2.93. The second-order valence-electron chi connectivity index (χ2n) is 5.70. The molecule has 27 heavy (non-hydrogen) atoms. The normalized spacial score (nSPS) is 13.1. The predicted molar refractivity (Wildman–Crippen MR) is 106 cm³/mol. The minimum absolute atomic E-state index is 0.260. The molecule has 1 aliphatic heterocycles. The molecule has 0 unspecified atom stereocenters. The van der Waals surface area contributed by atoms with E-state index >= 15 is 0 Å². The quantitative estimate of drug-likeness (QED) is 0.800. The smallest absolute Gasteiger partial charge is 0.291 e. The molecule has 0 atom stereocenters. The van der Waals surface area contributed by atoms with Crippen molar-refractivity contribution in [2.75, 3.05) is 24.8 Å². The van der Waals surface area contributed by atoms with E-state index in [9.17, 15) is 9.59 Å². The third-order valence-electron chi connectivity index (χ3n) is 3.92. The fourth-order valence-electron chi connectivity index (χ4n) is 2.58. The number of hydrogen-bond acceptors (Lipinski definition) is 5. The molecule has 0 aromatic heterocycles. The molecule has 1 aliphatic rings. The number of para-hydroxylation sites is 2. The Morgan fingerprint density at radius 3 is 2.67 bits per heavy atom. The SMILES string of the molecule is COc1ccccc1CNC(=O)c1ccccc1NC(=O)C1=CSCCO1. The van der Waals surface area contributed by atoms with Crippen molar-refractivity contribution in [3.05, 3.63) is 70.8 Å². The number of carbonyl (C=O) groups excluding carboxylic acids is 2. The molecule has 0 bridgehead atoms. The summed E-state index contributed by atoms with van der Waals surface area (Å²) in [6.45, 7) is 0.807. The molecule has 0 radical (unpaired) electrons. The average molecular weight is 384 g/mol. The molecule has 0 aliphatic carbocycles. The fourth-order valence-corrected chi connectivity index (χ4v) is 3.21. The Labute approximate surface area is 161 Å². The number of methoxy groups -OCH3 is 1. The summed E-state index contributed by atoms with van der Waals surface area (Å²) in [5.74, 6) is 1.13. The van der Waals surface area contributed by atoms with Crippen molar-refractivity contribution in [3.8, 4) is 5.75 Å². The number of benzene rings is 2. The van der Waals surface area contributed by atoms with Gasteiger partial charge in [0, 0.05) is 23.3 Å². The number of amides is 2. The average Bonchev–Trinajstić information content (AvgIpc) is 2.73. The second kappa shape index (κ2) is 9.14. The van der Waals surface area contributed by atoms with Gasteiger partial charge in [0.2, 0.25) is 0 Å². The van der Waals surface area contributed by atoms with Gasteiger partial charge in [0.25, 0.3) is 11.8 Å². The zero-order valence-corrected chi connectivity index (χ0v) is 15.7. The van der Waals surface area contributed by atoms with Crippen molar-refractivity contribution in [2.45, 2.75) is 6.54 Å². The molecular weight excluding hydrogens is 364 g/mol. The summed E-state index contributed by atoms with van der Waals surface area (Å²) < 4.78 is 10.7. The molecule has 0 saturated heterocycles. The Morgan fingerprint density at radius 1 is 1.11 bits per heavy atom. The Bertz CT molecular complexity index is 867. The second-order valence-corrected chi connectivity index (χ2v) is 6.67. The van der Waals surface area contributed by atoms with Crippen molar-refractivity contribution in [3.63, 3.8) is 0 Å². The fraction of sp³-hybridized carbons (Fsp3) is 0.200. The van der Waals surface area contributed by atoms with E-state index in [0.717, 1.165) is 11.3 Å². The summed E-state index contributed by atoms with van der Waals surface area (Å²) >= 11 is 1.52. The Morgan fingerprint density at radius 2 is 1.89 bits per heavy atom. The van der Waals surface area contributed by atoms with E-state index in [1.54, 1.807) is 36.8 Å². The molecule has 0 saturated carbocycles. The monoisotopic (exact) mass is 384 g/mol. The van der Waals surface area contributed by atoms with Gasteiger partial charge >= 0.3 is 0 Å². The Balaban J connectivity index is 1.70. The summed E-state index contributed by atoms with van der Waals surface area (Å²) in [5.41, 5.74) is 1.68. The first kappa shape index (κ1) is 18.8. The van der Waals surface area contributed by atoms with Gasteiger partial charge in [-0.15, -0.1) is 11.8 Å². The molecule has 1 heterocycles. The van der Waals surface area contributed by atoms with E-state index in [-0.39, 0.29) is 17.6 Å². The molecule has 140 valence electrons. The standard InChI is InChI=1S/C20H20N2O4S/c1-25-17-9-5-2-6-14(17)12-21-19(23)15-7-3-4-8-16(15)22-20(24)18-13-27-11-10-26-18/h2-9,13H,10-12H2,1H3,(H,21,23)(H,22,24). The summed E-state index contributed by atoms with van der Waals surface area (Å²) in [5, 5.41) is 7.30. The van der Waals surface area contributed by atoms with Gasteiger partial charge in [0.05, 0.1) is 25.0 Å². The topological polar surface area (TPSA) is 76.7 Å². The highest BCUT2D eigenvalue weighted by atomic mass is 32.2. The van der Waals surface area contributed by atoms with Crippen molar-refractivity contribution in [2.24, 2.45) is 0 Å². The Kier molecular flexibility index (Phi) is 6.38. The molecule has 2 amide bonds. The molecule has 0 fully saturated rings.